The Morgan fingerprint density at radius 2 is 0.882 bits per heavy atom. The number of hydrogen-bond acceptors (Lipinski definition) is 0. The summed E-state index contributed by atoms with van der Waals surface area (Å²) in [6.45, 7) is 2.72. The molecule has 1 fully saturated rings. The largest absolute Gasteiger partial charge is 0.381 e. The van der Waals surface area contributed by atoms with Gasteiger partial charge in [0.2, 0.25) is 5.67 Å². The molecule has 0 N–H and O–H groups in total. The quantitative estimate of drug-likeness (QED) is 0.670. The predicted octanol–water partition coefficient (Wildman–Crippen LogP) is 3.86. The van der Waals surface area contributed by atoms with Crippen LogP contribution in [0.25, 0.3) is 0 Å². The number of hydrogen-bond donors (Lipinski definition) is 0. The molecule has 17 heavy (non-hydrogen) atoms. The zero-order chi connectivity index (χ0) is 13.9. The highest BCUT2D eigenvalue weighted by atomic mass is 19.4. The second-order valence-electron chi connectivity index (χ2n) is 3.70. The van der Waals surface area contributed by atoms with Gasteiger partial charge in [-0.1, -0.05) is 6.92 Å². The van der Waals surface area contributed by atoms with Crippen molar-refractivity contribution in [2.45, 2.75) is 42.2 Å². The van der Waals surface area contributed by atoms with E-state index in [1.807, 2.05) is 0 Å². The van der Waals surface area contributed by atoms with E-state index in [0.29, 0.717) is 0 Å². The molecule has 0 nitrogen and oxygen atoms in total. The maximum Gasteiger partial charge on any atom is 0.381 e. The van der Waals surface area contributed by atoms with E-state index in [9.17, 15) is 39.5 Å². The normalized spacial score (nSPS) is 31.4. The third-order valence-electron chi connectivity index (χ3n) is 2.70. The van der Waals surface area contributed by atoms with E-state index in [0.717, 1.165) is 0 Å². The predicted molar refractivity (Wildman–Crippen MR) is 38.2 cm³/mol. The fourth-order valence-electron chi connectivity index (χ4n) is 1.65. The third-order valence-corrected chi connectivity index (χ3v) is 2.70. The molecule has 1 radical (unpaired) electrons. The summed E-state index contributed by atoms with van der Waals surface area (Å²) in [6, 6.07) is 0. The first-order chi connectivity index (χ1) is 7.31. The minimum atomic E-state index is -6.46. The van der Waals surface area contributed by atoms with Crippen molar-refractivity contribution in [3.8, 4) is 0 Å². The molecule has 0 heterocycles. The van der Waals surface area contributed by atoms with Crippen molar-refractivity contribution in [1.29, 1.82) is 0 Å². The molecule has 0 aromatic rings. The molecule has 0 aliphatic heterocycles. The van der Waals surface area contributed by atoms with Crippen LogP contribution in [-0.4, -0.2) is 29.4 Å². The molecule has 0 bridgehead atoms. The van der Waals surface area contributed by atoms with Gasteiger partial charge >= 0.3 is 23.7 Å². The maximum absolute atomic E-state index is 13.4. The van der Waals surface area contributed by atoms with Gasteiger partial charge in [-0.3, -0.25) is 0 Å². The van der Waals surface area contributed by atoms with Crippen LogP contribution in [0.4, 0.5) is 39.5 Å². The van der Waals surface area contributed by atoms with Crippen molar-refractivity contribution in [3.05, 3.63) is 6.92 Å². The van der Waals surface area contributed by atoms with Crippen LogP contribution in [0.5, 0.6) is 0 Å². The van der Waals surface area contributed by atoms with Crippen LogP contribution in [0.15, 0.2) is 0 Å². The number of halogens is 9. The molecule has 0 amide bonds. The molecule has 0 spiro atoms. The summed E-state index contributed by atoms with van der Waals surface area (Å²) in [5.74, 6) is -25.3. The molecule has 0 saturated heterocycles. The molecule has 0 aromatic heterocycles. The zero-order valence-corrected chi connectivity index (χ0v) is 8.02. The average molecular weight is 273 g/mol. The van der Waals surface area contributed by atoms with Crippen molar-refractivity contribution in [2.75, 3.05) is 0 Å². The monoisotopic (exact) mass is 273 g/mol. The van der Waals surface area contributed by atoms with Crippen molar-refractivity contribution in [2.24, 2.45) is 0 Å². The lowest BCUT2D eigenvalue weighted by molar-refractivity contribution is -0.303. The number of alkyl halides is 9. The molecule has 1 aliphatic carbocycles. The lowest BCUT2D eigenvalue weighted by Gasteiger charge is -2.30. The zero-order valence-electron chi connectivity index (χ0n) is 8.02. The molecular weight excluding hydrogens is 267 g/mol. The lowest BCUT2D eigenvalue weighted by atomic mass is 9.92. The van der Waals surface area contributed by atoms with Gasteiger partial charge in [0.1, 0.15) is 0 Å². The standard InChI is InChI=1S/C8H6F9/c1-2-3-4(9)5(10,11)7(14,15)8(16,17)6(4,12)13/h1-3H2. The highest BCUT2D eigenvalue weighted by Crippen LogP contribution is 2.70. The highest BCUT2D eigenvalue weighted by molar-refractivity contribution is 5.26. The Bertz CT molecular complexity index is 293. The van der Waals surface area contributed by atoms with E-state index in [4.69, 9.17) is 0 Å². The second kappa shape index (κ2) is 3.23. The molecule has 1 rings (SSSR count). The Morgan fingerprint density at radius 1 is 0.588 bits per heavy atom. The summed E-state index contributed by atoms with van der Waals surface area (Å²) < 4.78 is 115. The van der Waals surface area contributed by atoms with Crippen LogP contribution < -0.4 is 0 Å². The van der Waals surface area contributed by atoms with Gasteiger partial charge in [-0.15, -0.1) is 0 Å². The van der Waals surface area contributed by atoms with Crippen LogP contribution in [-0.2, 0) is 0 Å². The van der Waals surface area contributed by atoms with Gasteiger partial charge in [0, 0.05) is 0 Å². The lowest BCUT2D eigenvalue weighted by Crippen LogP contribution is -2.54. The van der Waals surface area contributed by atoms with E-state index in [-0.39, 0.29) is 0 Å². The van der Waals surface area contributed by atoms with Gasteiger partial charge < -0.3 is 0 Å². The SMILES string of the molecule is [CH2]CCC1(F)C(F)(F)C(F)(F)C(F)(F)C1(F)F. The van der Waals surface area contributed by atoms with Crippen LogP contribution in [0, 0.1) is 6.92 Å². The van der Waals surface area contributed by atoms with Gasteiger partial charge in [0.25, 0.3) is 0 Å². The average Bonchev–Trinajstić information content (AvgIpc) is 2.19. The van der Waals surface area contributed by atoms with Crippen LogP contribution >= 0.6 is 0 Å². The molecule has 9 heteroatoms. The topological polar surface area (TPSA) is 0 Å². The summed E-state index contributed by atoms with van der Waals surface area (Å²) in [5.41, 5.74) is -5.32. The first kappa shape index (κ1) is 14.4. The van der Waals surface area contributed by atoms with Gasteiger partial charge in [-0.05, 0) is 12.8 Å². The summed E-state index contributed by atoms with van der Waals surface area (Å²) in [6.07, 6.45) is -2.87. The minimum Gasteiger partial charge on any atom is -0.230 e. The minimum absolute atomic E-state index is 0.964. The van der Waals surface area contributed by atoms with Crippen LogP contribution in [0.1, 0.15) is 12.8 Å². The van der Waals surface area contributed by atoms with E-state index < -0.39 is 42.2 Å². The summed E-state index contributed by atoms with van der Waals surface area (Å²) >= 11 is 0. The van der Waals surface area contributed by atoms with Gasteiger partial charge in [0.15, 0.2) is 0 Å². The van der Waals surface area contributed by atoms with Crippen molar-refractivity contribution in [3.63, 3.8) is 0 Å². The van der Waals surface area contributed by atoms with Crippen LogP contribution in [0.2, 0.25) is 0 Å². The first-order valence-corrected chi connectivity index (χ1v) is 4.30. The highest BCUT2D eigenvalue weighted by Gasteiger charge is 2.99. The van der Waals surface area contributed by atoms with Crippen molar-refractivity contribution in [1.82, 2.24) is 0 Å². The van der Waals surface area contributed by atoms with Gasteiger partial charge in [-0.25, -0.2) is 4.39 Å². The number of rotatable bonds is 2. The molecule has 0 aromatic carbocycles. The smallest absolute Gasteiger partial charge is 0.230 e. The second-order valence-corrected chi connectivity index (χ2v) is 3.70. The first-order valence-electron chi connectivity index (χ1n) is 4.30. The molecule has 1 saturated carbocycles. The molecular formula is C8H6F9. The molecule has 0 atom stereocenters. The Kier molecular flexibility index (Phi) is 2.74. The summed E-state index contributed by atoms with van der Waals surface area (Å²) in [5, 5.41) is 0. The Morgan fingerprint density at radius 3 is 1.12 bits per heavy atom. The molecule has 1 aliphatic rings. The van der Waals surface area contributed by atoms with E-state index in [2.05, 4.69) is 6.92 Å². The fraction of sp³-hybridized carbons (Fsp3) is 0.875. The molecule has 0 unspecified atom stereocenters. The van der Waals surface area contributed by atoms with Crippen molar-refractivity contribution >= 4 is 0 Å². The van der Waals surface area contributed by atoms with E-state index in [1.54, 1.807) is 0 Å². The van der Waals surface area contributed by atoms with E-state index in [1.165, 1.54) is 0 Å². The Labute approximate surface area is 89.8 Å². The Balaban J connectivity index is 3.53. The van der Waals surface area contributed by atoms with Crippen molar-refractivity contribution < 1.29 is 39.5 Å². The van der Waals surface area contributed by atoms with Gasteiger partial charge in [-0.2, -0.15) is 35.1 Å². The van der Waals surface area contributed by atoms with Crippen LogP contribution in [0.3, 0.4) is 0 Å². The fourth-order valence-corrected chi connectivity index (χ4v) is 1.65. The summed E-state index contributed by atoms with van der Waals surface area (Å²) in [4.78, 5) is 0. The molecule has 101 valence electrons. The van der Waals surface area contributed by atoms with E-state index >= 15 is 0 Å². The third kappa shape index (κ3) is 1.17. The maximum atomic E-state index is 13.4. The van der Waals surface area contributed by atoms with Gasteiger partial charge in [0.05, 0.1) is 0 Å². The summed E-state index contributed by atoms with van der Waals surface area (Å²) in [7, 11) is 0. The Hall–Kier alpha value is -0.630.